The molecule has 1 aromatic rings. The Morgan fingerprint density at radius 3 is 2.58 bits per heavy atom. The van der Waals surface area contributed by atoms with Gasteiger partial charge in [0.2, 0.25) is 5.91 Å². The van der Waals surface area contributed by atoms with Gasteiger partial charge in [-0.15, -0.1) is 0 Å². The monoisotopic (exact) mass is 331 g/mol. The van der Waals surface area contributed by atoms with Crippen LogP contribution < -0.4 is 4.74 Å². The minimum absolute atomic E-state index is 0.00999. The number of carbonyl (C=O) groups excluding carboxylic acids is 1. The first-order valence-electron chi connectivity index (χ1n) is 8.71. The van der Waals surface area contributed by atoms with E-state index in [0.717, 1.165) is 24.2 Å². The number of rotatable bonds is 6. The van der Waals surface area contributed by atoms with Gasteiger partial charge in [-0.2, -0.15) is 0 Å². The van der Waals surface area contributed by atoms with Crippen LogP contribution in [0.5, 0.6) is 5.75 Å². The second-order valence-corrected chi connectivity index (χ2v) is 7.20. The summed E-state index contributed by atoms with van der Waals surface area (Å²) in [5, 5.41) is 9.43. The first-order valence-corrected chi connectivity index (χ1v) is 8.71. The van der Waals surface area contributed by atoms with E-state index in [0.29, 0.717) is 19.0 Å². The van der Waals surface area contributed by atoms with Crippen LogP contribution in [0.25, 0.3) is 0 Å². The molecule has 1 aromatic carbocycles. The highest BCUT2D eigenvalue weighted by Gasteiger charge is 2.46. The molecule has 0 spiro atoms. The van der Waals surface area contributed by atoms with E-state index >= 15 is 0 Å². The Hall–Kier alpha value is -2.04. The summed E-state index contributed by atoms with van der Waals surface area (Å²) in [4.78, 5) is 25.9. The van der Waals surface area contributed by atoms with E-state index in [9.17, 15) is 14.7 Å². The van der Waals surface area contributed by atoms with Gasteiger partial charge in [0, 0.05) is 18.7 Å². The summed E-state index contributed by atoms with van der Waals surface area (Å²) in [5.41, 5.74) is 0.859. The molecule has 5 nitrogen and oxygen atoms in total. The summed E-state index contributed by atoms with van der Waals surface area (Å²) < 4.78 is 5.77. The predicted molar refractivity (Wildman–Crippen MR) is 89.8 cm³/mol. The van der Waals surface area contributed by atoms with E-state index in [2.05, 4.69) is 0 Å². The van der Waals surface area contributed by atoms with Gasteiger partial charge in [-0.25, -0.2) is 0 Å². The van der Waals surface area contributed by atoms with Crippen molar-refractivity contribution in [1.29, 1.82) is 0 Å². The van der Waals surface area contributed by atoms with Crippen LogP contribution in [-0.4, -0.2) is 41.1 Å². The van der Waals surface area contributed by atoms with Crippen molar-refractivity contribution >= 4 is 11.9 Å². The molecule has 0 bridgehead atoms. The molecule has 5 heteroatoms. The molecule has 2 atom stereocenters. The normalized spacial score (nSPS) is 23.5. The Morgan fingerprint density at radius 2 is 1.96 bits per heavy atom. The van der Waals surface area contributed by atoms with Gasteiger partial charge in [-0.05, 0) is 44.6 Å². The molecule has 3 rings (SSSR count). The van der Waals surface area contributed by atoms with Crippen molar-refractivity contribution < 1.29 is 19.4 Å². The highest BCUT2D eigenvalue weighted by atomic mass is 16.5. The minimum atomic E-state index is -0.772. The number of aliphatic carboxylic acids is 1. The molecule has 1 saturated carbocycles. The fraction of sp³-hybridized carbons (Fsp3) is 0.579. The van der Waals surface area contributed by atoms with E-state index in [4.69, 9.17) is 4.74 Å². The molecule has 2 aliphatic rings. The maximum absolute atomic E-state index is 12.7. The lowest BCUT2D eigenvalue weighted by Gasteiger charge is -2.18. The third kappa shape index (κ3) is 3.71. The fourth-order valence-corrected chi connectivity index (χ4v) is 3.59. The minimum Gasteiger partial charge on any atom is -0.491 e. The van der Waals surface area contributed by atoms with E-state index in [1.165, 1.54) is 0 Å². The van der Waals surface area contributed by atoms with Crippen molar-refractivity contribution in [3.63, 3.8) is 0 Å². The van der Waals surface area contributed by atoms with E-state index in [1.807, 2.05) is 38.1 Å². The van der Waals surface area contributed by atoms with Crippen molar-refractivity contribution in [3.05, 3.63) is 29.8 Å². The van der Waals surface area contributed by atoms with Crippen LogP contribution in [0.2, 0.25) is 0 Å². The lowest BCUT2D eigenvalue weighted by molar-refractivity contribution is -0.142. The number of benzene rings is 1. The summed E-state index contributed by atoms with van der Waals surface area (Å²) >= 11 is 0. The molecule has 1 saturated heterocycles. The van der Waals surface area contributed by atoms with Gasteiger partial charge in [0.05, 0.1) is 18.4 Å². The van der Waals surface area contributed by atoms with Crippen LogP contribution in [-0.2, 0) is 16.0 Å². The molecule has 1 aliphatic carbocycles. The van der Waals surface area contributed by atoms with Crippen LogP contribution in [0, 0.1) is 17.8 Å². The summed E-state index contributed by atoms with van der Waals surface area (Å²) in [6.07, 6.45) is 2.50. The van der Waals surface area contributed by atoms with Crippen molar-refractivity contribution in [1.82, 2.24) is 4.90 Å². The number of carboxylic acids is 1. The van der Waals surface area contributed by atoms with Crippen LogP contribution in [0.15, 0.2) is 24.3 Å². The van der Waals surface area contributed by atoms with Gasteiger partial charge in [0.25, 0.3) is 0 Å². The number of hydrogen-bond acceptors (Lipinski definition) is 3. The van der Waals surface area contributed by atoms with Gasteiger partial charge in [-0.3, -0.25) is 9.59 Å². The van der Waals surface area contributed by atoms with Gasteiger partial charge in [-0.1, -0.05) is 18.2 Å². The number of carbonyl (C=O) groups is 2. The number of nitrogens with zero attached hydrogens (tertiary/aromatic N) is 1. The summed E-state index contributed by atoms with van der Waals surface area (Å²) in [7, 11) is 0. The molecule has 0 aromatic heterocycles. The molecule has 1 heterocycles. The Labute approximate surface area is 142 Å². The van der Waals surface area contributed by atoms with E-state index in [-0.39, 0.29) is 24.3 Å². The summed E-state index contributed by atoms with van der Waals surface area (Å²) in [5.74, 6) is 0.140. The fourth-order valence-electron chi connectivity index (χ4n) is 3.59. The molecule has 1 N–H and O–H groups in total. The first kappa shape index (κ1) is 16.8. The smallest absolute Gasteiger partial charge is 0.308 e. The van der Waals surface area contributed by atoms with Crippen LogP contribution in [0.4, 0.5) is 0 Å². The molecule has 0 unspecified atom stereocenters. The third-order valence-electron chi connectivity index (χ3n) is 4.94. The van der Waals surface area contributed by atoms with Crippen molar-refractivity contribution in [2.45, 2.75) is 39.2 Å². The Bertz CT molecular complexity index is 624. The molecule has 1 amide bonds. The first-order chi connectivity index (χ1) is 11.5. The van der Waals surface area contributed by atoms with Crippen LogP contribution in [0.3, 0.4) is 0 Å². The third-order valence-corrected chi connectivity index (χ3v) is 4.94. The maximum atomic E-state index is 12.7. The van der Waals surface area contributed by atoms with Gasteiger partial charge < -0.3 is 14.7 Å². The Morgan fingerprint density at radius 1 is 1.25 bits per heavy atom. The quantitative estimate of drug-likeness (QED) is 0.870. The molecule has 130 valence electrons. The number of amides is 1. The second kappa shape index (κ2) is 6.83. The van der Waals surface area contributed by atoms with E-state index in [1.54, 1.807) is 4.90 Å². The molecule has 0 radical (unpaired) electrons. The molecule has 1 aliphatic heterocycles. The molecular formula is C19H25NO4. The highest BCUT2D eigenvalue weighted by Crippen LogP contribution is 2.44. The van der Waals surface area contributed by atoms with Gasteiger partial charge >= 0.3 is 5.97 Å². The van der Waals surface area contributed by atoms with Crippen LogP contribution in [0.1, 0.15) is 32.3 Å². The Kier molecular flexibility index (Phi) is 4.78. The molecule has 2 fully saturated rings. The van der Waals surface area contributed by atoms with E-state index < -0.39 is 11.9 Å². The number of likely N-dealkylation sites (tertiary alicyclic amines) is 1. The number of hydrogen-bond donors (Lipinski definition) is 1. The second-order valence-electron chi connectivity index (χ2n) is 7.20. The van der Waals surface area contributed by atoms with Gasteiger partial charge in [0.1, 0.15) is 5.75 Å². The zero-order valence-corrected chi connectivity index (χ0v) is 14.3. The van der Waals surface area contributed by atoms with Crippen molar-refractivity contribution in [2.75, 3.05) is 13.1 Å². The largest absolute Gasteiger partial charge is 0.491 e. The van der Waals surface area contributed by atoms with Crippen LogP contribution >= 0.6 is 0 Å². The standard InChI is InChI=1S/C19H25NO4/c1-12(2)24-17-6-4-3-5-14(17)9-18(21)20-10-15(13-7-8-13)16(11-20)19(22)23/h3-6,12-13,15-16H,7-11H2,1-2H3,(H,22,23)/t15-,16+/m1/s1. The highest BCUT2D eigenvalue weighted by molar-refractivity contribution is 5.81. The number of para-hydroxylation sites is 1. The Balaban J connectivity index is 1.68. The van der Waals surface area contributed by atoms with Crippen molar-refractivity contribution in [2.24, 2.45) is 17.8 Å². The zero-order chi connectivity index (χ0) is 17.3. The van der Waals surface area contributed by atoms with Crippen molar-refractivity contribution in [3.8, 4) is 5.75 Å². The average molecular weight is 331 g/mol. The molecule has 24 heavy (non-hydrogen) atoms. The lowest BCUT2D eigenvalue weighted by Crippen LogP contribution is -2.31. The summed E-state index contributed by atoms with van der Waals surface area (Å²) in [6.45, 7) is 4.82. The topological polar surface area (TPSA) is 66.8 Å². The van der Waals surface area contributed by atoms with Gasteiger partial charge in [0.15, 0.2) is 0 Å². The zero-order valence-electron chi connectivity index (χ0n) is 14.3. The summed E-state index contributed by atoms with van der Waals surface area (Å²) in [6, 6.07) is 7.57. The predicted octanol–water partition coefficient (Wildman–Crippen LogP) is 2.59. The number of ether oxygens (including phenoxy) is 1. The maximum Gasteiger partial charge on any atom is 0.308 e. The SMILES string of the molecule is CC(C)Oc1ccccc1CC(=O)N1C[C@H](C(=O)O)[C@@H](C2CC2)C1. The average Bonchev–Trinajstić information content (AvgIpc) is 3.26. The number of carboxylic acid groups (broad SMARTS) is 1. The lowest BCUT2D eigenvalue weighted by atomic mass is 9.92. The molecular weight excluding hydrogens is 306 g/mol.